The maximum absolute atomic E-state index is 10.9. The molecule has 1 heterocycles. The molecule has 1 amide bonds. The molecule has 1 aromatic carbocycles. The minimum absolute atomic E-state index is 0.502. The van der Waals surface area contributed by atoms with E-state index in [1.807, 2.05) is 30.3 Å². The lowest BCUT2D eigenvalue weighted by Crippen LogP contribution is -2.30. The van der Waals surface area contributed by atoms with Crippen molar-refractivity contribution in [1.82, 2.24) is 9.78 Å². The van der Waals surface area contributed by atoms with Gasteiger partial charge in [-0.05, 0) is 19.1 Å². The summed E-state index contributed by atoms with van der Waals surface area (Å²) in [5.41, 5.74) is 6.04. The number of hydrogen-bond donors (Lipinski definition) is 1. The number of carbonyl (C=O) groups is 1. The van der Waals surface area contributed by atoms with Gasteiger partial charge in [0, 0.05) is 0 Å². The van der Waals surface area contributed by atoms with E-state index in [1.165, 1.54) is 0 Å². The van der Waals surface area contributed by atoms with Gasteiger partial charge in [0.05, 0.1) is 18.1 Å². The SMILES string of the molecule is CC(Oc1cnn(-c2ccccc2)c1)C(N)=O. The Kier molecular flexibility index (Phi) is 3.09. The van der Waals surface area contributed by atoms with Crippen LogP contribution < -0.4 is 10.5 Å². The van der Waals surface area contributed by atoms with Gasteiger partial charge in [-0.25, -0.2) is 4.68 Å². The first-order chi connectivity index (χ1) is 8.16. The minimum Gasteiger partial charge on any atom is -0.478 e. The fraction of sp³-hybridized carbons (Fsp3) is 0.167. The van der Waals surface area contributed by atoms with Crippen LogP contribution in [0.25, 0.3) is 5.69 Å². The van der Waals surface area contributed by atoms with Gasteiger partial charge in [-0.2, -0.15) is 5.10 Å². The molecule has 0 saturated heterocycles. The van der Waals surface area contributed by atoms with Crippen LogP contribution >= 0.6 is 0 Å². The zero-order valence-corrected chi connectivity index (χ0v) is 9.41. The largest absolute Gasteiger partial charge is 0.478 e. The van der Waals surface area contributed by atoms with E-state index in [1.54, 1.807) is 24.0 Å². The number of nitrogens with zero attached hydrogens (tertiary/aromatic N) is 2. The Hall–Kier alpha value is -2.30. The van der Waals surface area contributed by atoms with E-state index >= 15 is 0 Å². The van der Waals surface area contributed by atoms with E-state index in [0.29, 0.717) is 5.75 Å². The molecule has 0 aliphatic carbocycles. The Labute approximate surface area is 98.8 Å². The average Bonchev–Trinajstić information content (AvgIpc) is 2.78. The second kappa shape index (κ2) is 4.69. The minimum atomic E-state index is -0.663. The van der Waals surface area contributed by atoms with Gasteiger partial charge in [-0.3, -0.25) is 4.79 Å². The molecule has 2 aromatic rings. The van der Waals surface area contributed by atoms with Crippen LogP contribution in [0.1, 0.15) is 6.92 Å². The first-order valence-electron chi connectivity index (χ1n) is 5.23. The van der Waals surface area contributed by atoms with Crippen LogP contribution in [0.5, 0.6) is 5.75 Å². The number of hydrogen-bond acceptors (Lipinski definition) is 3. The van der Waals surface area contributed by atoms with Crippen LogP contribution in [-0.4, -0.2) is 21.8 Å². The van der Waals surface area contributed by atoms with Gasteiger partial charge in [-0.15, -0.1) is 0 Å². The molecule has 17 heavy (non-hydrogen) atoms. The van der Waals surface area contributed by atoms with Crippen LogP contribution in [0.15, 0.2) is 42.7 Å². The van der Waals surface area contributed by atoms with Crippen molar-refractivity contribution in [2.24, 2.45) is 5.73 Å². The highest BCUT2D eigenvalue weighted by Crippen LogP contribution is 2.14. The molecule has 0 spiro atoms. The zero-order chi connectivity index (χ0) is 12.3. The van der Waals surface area contributed by atoms with Gasteiger partial charge in [0.25, 0.3) is 5.91 Å². The summed E-state index contributed by atoms with van der Waals surface area (Å²) < 4.78 is 6.99. The zero-order valence-electron chi connectivity index (χ0n) is 9.41. The first-order valence-corrected chi connectivity index (χ1v) is 5.23. The van der Waals surface area contributed by atoms with Crippen molar-refractivity contribution in [3.05, 3.63) is 42.7 Å². The molecule has 88 valence electrons. The molecule has 0 fully saturated rings. The molecular weight excluding hydrogens is 218 g/mol. The molecule has 1 aromatic heterocycles. The van der Waals surface area contributed by atoms with E-state index in [4.69, 9.17) is 10.5 Å². The van der Waals surface area contributed by atoms with Gasteiger partial charge in [0.15, 0.2) is 11.9 Å². The number of aromatic nitrogens is 2. The fourth-order valence-electron chi connectivity index (χ4n) is 1.35. The molecule has 0 aliphatic rings. The van der Waals surface area contributed by atoms with Crippen LogP contribution in [0.3, 0.4) is 0 Å². The quantitative estimate of drug-likeness (QED) is 0.857. The number of primary amides is 1. The molecule has 1 unspecified atom stereocenters. The molecule has 0 saturated carbocycles. The Morgan fingerprint density at radius 3 is 2.76 bits per heavy atom. The summed E-state index contributed by atoms with van der Waals surface area (Å²) in [7, 11) is 0. The molecule has 0 radical (unpaired) electrons. The Balaban J connectivity index is 2.14. The predicted octanol–water partition coefficient (Wildman–Crippen LogP) is 1.12. The van der Waals surface area contributed by atoms with Crippen molar-refractivity contribution in [1.29, 1.82) is 0 Å². The van der Waals surface area contributed by atoms with E-state index in [-0.39, 0.29) is 0 Å². The van der Waals surface area contributed by atoms with E-state index in [9.17, 15) is 4.79 Å². The maximum Gasteiger partial charge on any atom is 0.258 e. The van der Waals surface area contributed by atoms with Crippen molar-refractivity contribution < 1.29 is 9.53 Å². The molecule has 0 aliphatic heterocycles. The third-order valence-electron chi connectivity index (χ3n) is 2.29. The summed E-state index contributed by atoms with van der Waals surface area (Å²) in [5.74, 6) is 0.0117. The van der Waals surface area contributed by atoms with Crippen molar-refractivity contribution in [2.45, 2.75) is 13.0 Å². The third-order valence-corrected chi connectivity index (χ3v) is 2.29. The molecule has 5 heteroatoms. The van der Waals surface area contributed by atoms with E-state index < -0.39 is 12.0 Å². The molecule has 2 rings (SSSR count). The standard InChI is InChI=1S/C12H13N3O2/c1-9(12(13)16)17-11-7-14-15(8-11)10-5-3-2-4-6-10/h2-9H,1H3,(H2,13,16). The summed E-state index contributed by atoms with van der Waals surface area (Å²) in [6, 6.07) is 9.62. The van der Waals surface area contributed by atoms with Crippen molar-refractivity contribution >= 4 is 5.91 Å². The monoisotopic (exact) mass is 231 g/mol. The number of amides is 1. The molecule has 2 N–H and O–H groups in total. The predicted molar refractivity (Wildman–Crippen MR) is 62.8 cm³/mol. The Morgan fingerprint density at radius 2 is 2.12 bits per heavy atom. The lowest BCUT2D eigenvalue weighted by atomic mass is 10.3. The third kappa shape index (κ3) is 2.63. The Bertz CT molecular complexity index is 507. The van der Waals surface area contributed by atoms with Crippen LogP contribution in [0.2, 0.25) is 0 Å². The Morgan fingerprint density at radius 1 is 1.41 bits per heavy atom. The van der Waals surface area contributed by atoms with Crippen LogP contribution in [0, 0.1) is 0 Å². The summed E-state index contributed by atoms with van der Waals surface area (Å²) in [4.78, 5) is 10.9. The van der Waals surface area contributed by atoms with Crippen molar-refractivity contribution in [2.75, 3.05) is 0 Å². The highest BCUT2D eigenvalue weighted by atomic mass is 16.5. The maximum atomic E-state index is 10.9. The number of nitrogens with two attached hydrogens (primary N) is 1. The highest BCUT2D eigenvalue weighted by Gasteiger charge is 2.11. The topological polar surface area (TPSA) is 70.1 Å². The van der Waals surface area contributed by atoms with Crippen molar-refractivity contribution in [3.63, 3.8) is 0 Å². The fourth-order valence-corrected chi connectivity index (χ4v) is 1.35. The molecular formula is C12H13N3O2. The number of ether oxygens (including phenoxy) is 1. The first kappa shape index (κ1) is 11.2. The van der Waals surface area contributed by atoms with Crippen LogP contribution in [-0.2, 0) is 4.79 Å². The van der Waals surface area contributed by atoms with E-state index in [0.717, 1.165) is 5.69 Å². The average molecular weight is 231 g/mol. The number of benzene rings is 1. The normalized spacial score (nSPS) is 12.1. The number of carbonyl (C=O) groups excluding carboxylic acids is 1. The summed E-state index contributed by atoms with van der Waals surface area (Å²) in [6.07, 6.45) is 2.59. The number of para-hydroxylation sites is 1. The van der Waals surface area contributed by atoms with Gasteiger partial charge in [-0.1, -0.05) is 18.2 Å². The lowest BCUT2D eigenvalue weighted by molar-refractivity contribution is -0.123. The van der Waals surface area contributed by atoms with Gasteiger partial charge in [0.1, 0.15) is 0 Å². The van der Waals surface area contributed by atoms with Gasteiger partial charge < -0.3 is 10.5 Å². The second-order valence-electron chi connectivity index (χ2n) is 3.62. The highest BCUT2D eigenvalue weighted by molar-refractivity contribution is 5.78. The second-order valence-corrected chi connectivity index (χ2v) is 3.62. The summed E-state index contributed by atoms with van der Waals surface area (Å²) >= 11 is 0. The molecule has 0 bridgehead atoms. The van der Waals surface area contributed by atoms with Crippen molar-refractivity contribution in [3.8, 4) is 11.4 Å². The van der Waals surface area contributed by atoms with Gasteiger partial charge in [0.2, 0.25) is 0 Å². The van der Waals surface area contributed by atoms with E-state index in [2.05, 4.69) is 5.10 Å². The molecule has 5 nitrogen and oxygen atoms in total. The van der Waals surface area contributed by atoms with Crippen LogP contribution in [0.4, 0.5) is 0 Å². The lowest BCUT2D eigenvalue weighted by Gasteiger charge is -2.07. The van der Waals surface area contributed by atoms with Gasteiger partial charge >= 0.3 is 0 Å². The summed E-state index contributed by atoms with van der Waals surface area (Å²) in [6.45, 7) is 1.60. The molecule has 1 atom stereocenters. The number of rotatable bonds is 4. The summed E-state index contributed by atoms with van der Waals surface area (Å²) in [5, 5.41) is 4.14. The smallest absolute Gasteiger partial charge is 0.258 e.